The number of benzene rings is 2. The number of hydrogen-bond acceptors (Lipinski definition) is 3. The van der Waals surface area contributed by atoms with Crippen LogP contribution in [0.3, 0.4) is 0 Å². The van der Waals surface area contributed by atoms with Gasteiger partial charge in [0.05, 0.1) is 6.42 Å². The average Bonchev–Trinajstić information content (AvgIpc) is 3.19. The van der Waals surface area contributed by atoms with Gasteiger partial charge in [0.1, 0.15) is 0 Å². The summed E-state index contributed by atoms with van der Waals surface area (Å²) < 4.78 is 0. The monoisotopic (exact) mass is 428 g/mol. The number of nitrogens with one attached hydrogen (secondary N) is 3. The highest BCUT2D eigenvalue weighted by molar-refractivity contribution is 6.10. The number of hydrogen-bond donors (Lipinski definition) is 3. The van der Waals surface area contributed by atoms with Crippen molar-refractivity contribution < 1.29 is 9.59 Å². The summed E-state index contributed by atoms with van der Waals surface area (Å²) in [5.41, 5.74) is 3.58. The van der Waals surface area contributed by atoms with Crippen LogP contribution in [0.5, 0.6) is 0 Å². The van der Waals surface area contributed by atoms with Crippen molar-refractivity contribution in [1.82, 2.24) is 20.6 Å². The van der Waals surface area contributed by atoms with E-state index in [0.29, 0.717) is 18.5 Å². The third-order valence-electron chi connectivity index (χ3n) is 6.05. The molecule has 0 saturated heterocycles. The zero-order valence-corrected chi connectivity index (χ0v) is 18.4. The van der Waals surface area contributed by atoms with Crippen molar-refractivity contribution in [2.75, 3.05) is 6.54 Å². The van der Waals surface area contributed by atoms with Gasteiger partial charge >= 0.3 is 0 Å². The van der Waals surface area contributed by atoms with Crippen LogP contribution in [0.4, 0.5) is 0 Å². The Morgan fingerprint density at radius 3 is 2.53 bits per heavy atom. The van der Waals surface area contributed by atoms with E-state index in [1.54, 1.807) is 12.4 Å². The van der Waals surface area contributed by atoms with Gasteiger partial charge in [-0.25, -0.2) is 0 Å². The quantitative estimate of drug-likeness (QED) is 0.393. The number of fused-ring (bicyclic) bond motifs is 3. The van der Waals surface area contributed by atoms with E-state index in [1.807, 2.05) is 48.5 Å². The Hall–Kier alpha value is -3.67. The van der Waals surface area contributed by atoms with E-state index in [2.05, 4.69) is 40.5 Å². The number of aromatic nitrogens is 2. The molecule has 2 aromatic heterocycles. The molecule has 4 rings (SSSR count). The number of pyridine rings is 1. The van der Waals surface area contributed by atoms with Gasteiger partial charge < -0.3 is 15.6 Å². The summed E-state index contributed by atoms with van der Waals surface area (Å²) in [6.45, 7) is 4.56. The van der Waals surface area contributed by atoms with Crippen LogP contribution in [0.2, 0.25) is 0 Å². The largest absolute Gasteiger partial charge is 0.355 e. The van der Waals surface area contributed by atoms with Crippen LogP contribution in [0, 0.1) is 5.92 Å². The minimum atomic E-state index is -0.160. The highest BCUT2D eigenvalue weighted by atomic mass is 16.2. The minimum Gasteiger partial charge on any atom is -0.355 e. The number of para-hydroxylation sites is 1. The Kier molecular flexibility index (Phi) is 6.50. The Labute approximate surface area is 187 Å². The van der Waals surface area contributed by atoms with Crippen LogP contribution in [-0.2, 0) is 11.2 Å². The van der Waals surface area contributed by atoms with Crippen LogP contribution in [0.25, 0.3) is 21.8 Å². The predicted octanol–water partition coefficient (Wildman–Crippen LogP) is 4.22. The SMILES string of the molecule is CCC(C)[C@@H](CNC(=O)Cc1ccncc1)NC(=O)c1ccc2[nH]c3ccccc3c2c1. The maximum absolute atomic E-state index is 13.1. The lowest BCUT2D eigenvalue weighted by atomic mass is 9.98. The zero-order valence-electron chi connectivity index (χ0n) is 18.4. The number of rotatable bonds is 8. The molecule has 0 radical (unpaired) electrons. The van der Waals surface area contributed by atoms with Gasteiger partial charge in [0.15, 0.2) is 0 Å². The lowest BCUT2D eigenvalue weighted by Gasteiger charge is -2.25. The van der Waals surface area contributed by atoms with Crippen molar-refractivity contribution in [3.05, 3.63) is 78.1 Å². The smallest absolute Gasteiger partial charge is 0.251 e. The fourth-order valence-corrected chi connectivity index (χ4v) is 3.89. The fraction of sp³-hybridized carbons (Fsp3) is 0.269. The van der Waals surface area contributed by atoms with Gasteiger partial charge in [-0.3, -0.25) is 14.6 Å². The van der Waals surface area contributed by atoms with Gasteiger partial charge in [0.2, 0.25) is 5.91 Å². The third-order valence-corrected chi connectivity index (χ3v) is 6.05. The summed E-state index contributed by atoms with van der Waals surface area (Å²) >= 11 is 0. The number of carbonyl (C=O) groups is 2. The first-order chi connectivity index (χ1) is 15.5. The molecule has 0 aliphatic heterocycles. The van der Waals surface area contributed by atoms with E-state index in [-0.39, 0.29) is 23.8 Å². The molecule has 4 aromatic rings. The molecule has 6 nitrogen and oxygen atoms in total. The van der Waals surface area contributed by atoms with Gasteiger partial charge in [0.25, 0.3) is 5.91 Å². The van der Waals surface area contributed by atoms with Crippen LogP contribution < -0.4 is 10.6 Å². The van der Waals surface area contributed by atoms with E-state index in [0.717, 1.165) is 33.8 Å². The van der Waals surface area contributed by atoms with Gasteiger partial charge in [-0.1, -0.05) is 38.5 Å². The second-order valence-electron chi connectivity index (χ2n) is 8.23. The highest BCUT2D eigenvalue weighted by Crippen LogP contribution is 2.26. The maximum Gasteiger partial charge on any atom is 0.251 e. The highest BCUT2D eigenvalue weighted by Gasteiger charge is 2.20. The normalized spacial score (nSPS) is 13.1. The molecule has 3 N–H and O–H groups in total. The van der Waals surface area contributed by atoms with Gasteiger partial charge in [-0.05, 0) is 47.9 Å². The molecule has 2 amide bonds. The lowest BCUT2D eigenvalue weighted by Crippen LogP contribution is -2.47. The second kappa shape index (κ2) is 9.64. The summed E-state index contributed by atoms with van der Waals surface area (Å²) in [7, 11) is 0. The number of nitrogens with zero attached hydrogens (tertiary/aromatic N) is 1. The first kappa shape index (κ1) is 21.6. The summed E-state index contributed by atoms with van der Waals surface area (Å²) in [4.78, 5) is 32.8. The molecule has 2 atom stereocenters. The van der Waals surface area contributed by atoms with E-state index < -0.39 is 0 Å². The Morgan fingerprint density at radius 1 is 1.00 bits per heavy atom. The van der Waals surface area contributed by atoms with Gasteiger partial charge in [-0.2, -0.15) is 0 Å². The van der Waals surface area contributed by atoms with E-state index in [4.69, 9.17) is 0 Å². The van der Waals surface area contributed by atoms with E-state index in [9.17, 15) is 9.59 Å². The second-order valence-corrected chi connectivity index (χ2v) is 8.23. The number of aromatic amines is 1. The zero-order chi connectivity index (χ0) is 22.5. The topological polar surface area (TPSA) is 86.9 Å². The first-order valence-corrected chi connectivity index (χ1v) is 11.0. The molecule has 0 fully saturated rings. The van der Waals surface area contributed by atoms with Gasteiger partial charge in [0, 0.05) is 52.3 Å². The predicted molar refractivity (Wildman–Crippen MR) is 127 cm³/mol. The lowest BCUT2D eigenvalue weighted by molar-refractivity contribution is -0.120. The molecular weight excluding hydrogens is 400 g/mol. The first-order valence-electron chi connectivity index (χ1n) is 11.0. The van der Waals surface area contributed by atoms with Crippen LogP contribution in [0.1, 0.15) is 36.2 Å². The fourth-order valence-electron chi connectivity index (χ4n) is 3.89. The Bertz CT molecular complexity index is 1230. The molecule has 0 saturated carbocycles. The summed E-state index contributed by atoms with van der Waals surface area (Å²) in [6, 6.07) is 17.3. The van der Waals surface area contributed by atoms with Crippen molar-refractivity contribution >= 4 is 33.6 Å². The van der Waals surface area contributed by atoms with Crippen molar-refractivity contribution in [2.45, 2.75) is 32.7 Å². The number of carbonyl (C=O) groups excluding carboxylic acids is 2. The maximum atomic E-state index is 13.1. The molecule has 2 aromatic carbocycles. The summed E-state index contributed by atoms with van der Waals surface area (Å²) in [5, 5.41) is 8.23. The van der Waals surface area contributed by atoms with Crippen molar-refractivity contribution in [1.29, 1.82) is 0 Å². The number of H-pyrrole nitrogens is 1. The molecular formula is C26H28N4O2. The van der Waals surface area contributed by atoms with Crippen LogP contribution in [-0.4, -0.2) is 34.4 Å². The number of amides is 2. The molecule has 1 unspecified atom stereocenters. The van der Waals surface area contributed by atoms with Crippen molar-refractivity contribution in [3.8, 4) is 0 Å². The molecule has 164 valence electrons. The van der Waals surface area contributed by atoms with E-state index >= 15 is 0 Å². The minimum absolute atomic E-state index is 0.0704. The third kappa shape index (κ3) is 4.80. The molecule has 2 heterocycles. The standard InChI is InChI=1S/C26H28N4O2/c1-3-17(2)24(16-28-25(31)14-18-10-12-27-13-11-18)30-26(32)19-8-9-23-21(15-19)20-6-4-5-7-22(20)29-23/h4-13,15,17,24,29H,3,14,16H2,1-2H3,(H,28,31)(H,30,32)/t17?,24-/m1/s1. The molecule has 6 heteroatoms. The Morgan fingerprint density at radius 2 is 1.75 bits per heavy atom. The van der Waals surface area contributed by atoms with Crippen LogP contribution >= 0.6 is 0 Å². The molecule has 0 aliphatic rings. The van der Waals surface area contributed by atoms with E-state index in [1.165, 1.54) is 0 Å². The van der Waals surface area contributed by atoms with Gasteiger partial charge in [-0.15, -0.1) is 0 Å². The summed E-state index contributed by atoms with van der Waals surface area (Å²) in [6.07, 6.45) is 4.54. The Balaban J connectivity index is 1.45. The molecule has 0 bridgehead atoms. The average molecular weight is 429 g/mol. The van der Waals surface area contributed by atoms with Crippen molar-refractivity contribution in [3.63, 3.8) is 0 Å². The molecule has 0 spiro atoms. The van der Waals surface area contributed by atoms with Crippen molar-refractivity contribution in [2.24, 2.45) is 5.92 Å². The summed E-state index contributed by atoms with van der Waals surface area (Å²) in [5.74, 6) is 0.0156. The molecule has 32 heavy (non-hydrogen) atoms. The van der Waals surface area contributed by atoms with Crippen LogP contribution in [0.15, 0.2) is 67.0 Å². The molecule has 0 aliphatic carbocycles.